The second kappa shape index (κ2) is 23.4. The highest BCUT2D eigenvalue weighted by Gasteiger charge is 2.34. The van der Waals surface area contributed by atoms with E-state index in [0.29, 0.717) is 73.3 Å². The molecule has 0 atom stereocenters. The van der Waals surface area contributed by atoms with Crippen molar-refractivity contribution in [2.75, 3.05) is 16.1 Å². The summed E-state index contributed by atoms with van der Waals surface area (Å²) in [6.45, 7) is 2.68. The Morgan fingerprint density at radius 2 is 0.970 bits per heavy atom. The van der Waals surface area contributed by atoms with Crippen LogP contribution in [0.4, 0.5) is 24.5 Å². The normalized spacial score (nSPS) is 11.5. The van der Waals surface area contributed by atoms with E-state index in [-0.39, 0.29) is 16.1 Å². The molecular formula is C49H49F3N2O10S2. The van der Waals surface area contributed by atoms with Gasteiger partial charge in [-0.05, 0) is 128 Å². The number of benzene rings is 6. The van der Waals surface area contributed by atoms with Gasteiger partial charge in [-0.25, -0.2) is 26.4 Å². The zero-order valence-electron chi connectivity index (χ0n) is 35.8. The van der Waals surface area contributed by atoms with E-state index in [4.69, 9.17) is 4.74 Å². The number of nitrogens with one attached hydrogen (secondary N) is 2. The summed E-state index contributed by atoms with van der Waals surface area (Å²) in [4.78, 5) is 22.3. The van der Waals surface area contributed by atoms with Crippen LogP contribution in [0.5, 0.6) is 11.5 Å². The number of carboxylic acid groups (broad SMARTS) is 2. The van der Waals surface area contributed by atoms with Crippen LogP contribution in [0.25, 0.3) is 0 Å². The Morgan fingerprint density at radius 1 is 0.545 bits per heavy atom. The van der Waals surface area contributed by atoms with Crippen molar-refractivity contribution in [3.8, 4) is 11.5 Å². The highest BCUT2D eigenvalue weighted by Crippen LogP contribution is 2.32. The minimum absolute atomic E-state index is 0.163. The highest BCUT2D eigenvalue weighted by atomic mass is 32.2. The van der Waals surface area contributed by atoms with Gasteiger partial charge in [0.05, 0.1) is 34.0 Å². The lowest BCUT2D eigenvalue weighted by Gasteiger charge is -2.16. The maximum atomic E-state index is 12.9. The number of ether oxygens (including phenoxy) is 2. The van der Waals surface area contributed by atoms with Crippen LogP contribution in [0.3, 0.4) is 0 Å². The molecule has 0 amide bonds. The largest absolute Gasteiger partial charge is 0.573 e. The highest BCUT2D eigenvalue weighted by molar-refractivity contribution is 7.93. The number of halogens is 3. The van der Waals surface area contributed by atoms with Crippen LogP contribution in [0, 0.1) is 0 Å². The van der Waals surface area contributed by atoms with Gasteiger partial charge in [0.15, 0.2) is 0 Å². The molecule has 0 fully saturated rings. The van der Waals surface area contributed by atoms with Crippen molar-refractivity contribution in [2.24, 2.45) is 0 Å². The van der Waals surface area contributed by atoms with Gasteiger partial charge >= 0.3 is 18.3 Å². The maximum Gasteiger partial charge on any atom is 0.573 e. The van der Waals surface area contributed by atoms with Crippen molar-refractivity contribution in [1.29, 1.82) is 0 Å². The van der Waals surface area contributed by atoms with E-state index in [1.165, 1.54) is 36.4 Å². The molecule has 17 heteroatoms. The lowest BCUT2D eigenvalue weighted by Crippen LogP contribution is -2.21. The third-order valence-electron chi connectivity index (χ3n) is 10.1. The van der Waals surface area contributed by atoms with Crippen LogP contribution in [-0.2, 0) is 45.7 Å². The van der Waals surface area contributed by atoms with Crippen LogP contribution < -0.4 is 18.9 Å². The maximum absolute atomic E-state index is 12.9. The molecule has 0 aromatic heterocycles. The first-order valence-electron chi connectivity index (χ1n) is 20.9. The van der Waals surface area contributed by atoms with Crippen molar-refractivity contribution in [3.05, 3.63) is 179 Å². The Balaban J connectivity index is 0.000000247. The molecule has 0 aliphatic heterocycles. The van der Waals surface area contributed by atoms with Crippen molar-refractivity contribution in [3.63, 3.8) is 0 Å². The van der Waals surface area contributed by atoms with E-state index >= 15 is 0 Å². The summed E-state index contributed by atoms with van der Waals surface area (Å²) in [6, 6.07) is 38.2. The van der Waals surface area contributed by atoms with Crippen LogP contribution in [-0.4, -0.2) is 52.0 Å². The predicted octanol–water partition coefficient (Wildman–Crippen LogP) is 10.8. The van der Waals surface area contributed by atoms with Gasteiger partial charge in [0, 0.05) is 0 Å². The first-order valence-corrected chi connectivity index (χ1v) is 23.9. The first kappa shape index (κ1) is 50.2. The molecule has 6 aromatic carbocycles. The van der Waals surface area contributed by atoms with Crippen molar-refractivity contribution >= 4 is 43.4 Å². The fourth-order valence-electron chi connectivity index (χ4n) is 6.84. The number of unbranched alkanes of at least 4 members (excludes halogenated alkanes) is 1. The van der Waals surface area contributed by atoms with Gasteiger partial charge < -0.3 is 19.7 Å². The summed E-state index contributed by atoms with van der Waals surface area (Å²) < 4.78 is 104. The topological polar surface area (TPSA) is 185 Å². The second-order valence-corrected chi connectivity index (χ2v) is 18.2. The van der Waals surface area contributed by atoms with Crippen LogP contribution in [0.1, 0.15) is 75.6 Å². The summed E-state index contributed by atoms with van der Waals surface area (Å²) in [5, 5.41) is 18.6. The third kappa shape index (κ3) is 14.9. The number of hydrogen-bond acceptors (Lipinski definition) is 8. The molecule has 0 saturated carbocycles. The van der Waals surface area contributed by atoms with Gasteiger partial charge in [0.2, 0.25) is 0 Å². The van der Waals surface area contributed by atoms with E-state index < -0.39 is 49.0 Å². The number of carboxylic acids is 2. The molecular weight excluding hydrogens is 898 g/mol. The summed E-state index contributed by atoms with van der Waals surface area (Å²) in [6.07, 6.45) is 0.195. The van der Waals surface area contributed by atoms with Crippen molar-refractivity contribution in [1.82, 2.24) is 0 Å². The zero-order chi connectivity index (χ0) is 47.7. The number of sulfonamides is 2. The quantitative estimate of drug-likeness (QED) is 0.0506. The molecule has 0 unspecified atom stereocenters. The number of para-hydroxylation sites is 3. The fraction of sp³-hybridized carbons (Fsp3) is 0.224. The molecule has 0 aliphatic carbocycles. The number of aromatic carboxylic acids is 2. The number of carbonyl (C=O) groups is 2. The predicted molar refractivity (Wildman–Crippen MR) is 245 cm³/mol. The molecule has 6 aromatic rings. The molecule has 0 radical (unpaired) electrons. The van der Waals surface area contributed by atoms with Crippen molar-refractivity contribution < 1.29 is 59.3 Å². The molecule has 0 bridgehead atoms. The van der Waals surface area contributed by atoms with Gasteiger partial charge in [0.1, 0.15) is 16.4 Å². The molecule has 0 saturated heterocycles. The molecule has 66 heavy (non-hydrogen) atoms. The molecule has 0 aliphatic rings. The number of aryl methyl sites for hydroxylation is 4. The fourth-order valence-corrected chi connectivity index (χ4v) is 9.17. The van der Waals surface area contributed by atoms with Crippen LogP contribution in [0.15, 0.2) is 155 Å². The van der Waals surface area contributed by atoms with Gasteiger partial charge in [-0.1, -0.05) is 98.3 Å². The minimum Gasteiger partial charge on any atom is -0.494 e. The summed E-state index contributed by atoms with van der Waals surface area (Å²) in [7, 11) is -8.14. The second-order valence-electron chi connectivity index (χ2n) is 14.8. The van der Waals surface area contributed by atoms with Gasteiger partial charge in [-0.3, -0.25) is 9.44 Å². The summed E-state index contributed by atoms with van der Waals surface area (Å²) in [5.41, 5.74) is 4.13. The lowest BCUT2D eigenvalue weighted by atomic mass is 9.99. The standard InChI is InChI=1S/C26H29NO5S.C23H20F3NO5S/c1-2-3-19-32-22-15-17-23(18-16-22)33(30,31)27-25-14-7-5-10-21(25)12-8-11-20-9-4-6-13-24(20)26(28)29;24-23(25,26)32-20-14-5-6-15-21(20)33(30,31)27-19-13-4-2-9-17(19)11-7-10-16-8-1-3-12-18(16)22(28)29/h4-7,9-10,13-18,27H,2-3,8,11-12,19H2,1H3,(H,28,29);1-6,8-9,12-15,27H,7,10-11H2,(H,28,29). The average Bonchev–Trinajstić information content (AvgIpc) is 3.28. The number of alkyl halides is 3. The molecule has 12 nitrogen and oxygen atoms in total. The SMILES string of the molecule is CCCCOc1ccc(S(=O)(=O)Nc2ccccc2CCCc2ccccc2C(=O)O)cc1.O=C(O)c1ccccc1CCCc1ccccc1NS(=O)(=O)c1ccccc1OC(F)(F)F. The Hall–Kier alpha value is -6.85. The van der Waals surface area contributed by atoms with E-state index in [1.807, 2.05) is 24.3 Å². The molecule has 348 valence electrons. The van der Waals surface area contributed by atoms with E-state index in [2.05, 4.69) is 21.1 Å². The van der Waals surface area contributed by atoms with Crippen LogP contribution >= 0.6 is 0 Å². The molecule has 4 N–H and O–H groups in total. The number of rotatable bonds is 21. The Labute approximate surface area is 382 Å². The van der Waals surface area contributed by atoms with Crippen LogP contribution in [0.2, 0.25) is 0 Å². The van der Waals surface area contributed by atoms with Gasteiger partial charge in [0.25, 0.3) is 20.0 Å². The molecule has 6 rings (SSSR count). The minimum atomic E-state index is -5.05. The Morgan fingerprint density at radius 3 is 1.45 bits per heavy atom. The van der Waals surface area contributed by atoms with E-state index in [0.717, 1.165) is 36.1 Å². The van der Waals surface area contributed by atoms with E-state index in [9.17, 15) is 49.8 Å². The number of anilines is 2. The smallest absolute Gasteiger partial charge is 0.494 e. The van der Waals surface area contributed by atoms with Crippen molar-refractivity contribution in [2.45, 2.75) is 74.4 Å². The van der Waals surface area contributed by atoms with E-state index in [1.54, 1.807) is 72.8 Å². The van der Waals surface area contributed by atoms with Gasteiger partial charge in [-0.15, -0.1) is 13.2 Å². The lowest BCUT2D eigenvalue weighted by molar-refractivity contribution is -0.275. The Kier molecular flexibility index (Phi) is 17.8. The van der Waals surface area contributed by atoms with Gasteiger partial charge in [-0.2, -0.15) is 0 Å². The molecule has 0 spiro atoms. The zero-order valence-corrected chi connectivity index (χ0v) is 37.5. The Bertz CT molecular complexity index is 2800. The third-order valence-corrected chi connectivity index (χ3v) is 12.9. The summed E-state index contributed by atoms with van der Waals surface area (Å²) in [5.74, 6) is -2.16. The monoisotopic (exact) mass is 946 g/mol. The average molecular weight is 947 g/mol. The molecule has 0 heterocycles. The number of hydrogen-bond donors (Lipinski definition) is 4. The first-order chi connectivity index (χ1) is 31.5. The summed E-state index contributed by atoms with van der Waals surface area (Å²) >= 11 is 0.